The second kappa shape index (κ2) is 13.9. The molecule has 0 spiro atoms. The van der Waals surface area contributed by atoms with Crippen LogP contribution < -0.4 is 10.6 Å². The number of nitrogens with zero attached hydrogens (tertiary/aromatic N) is 1. The Kier molecular flexibility index (Phi) is 12.1. The molecule has 1 aromatic rings. The van der Waals surface area contributed by atoms with Crippen LogP contribution in [-0.2, 0) is 14.3 Å². The lowest BCUT2D eigenvalue weighted by atomic mass is 9.92. The van der Waals surface area contributed by atoms with E-state index in [1.807, 2.05) is 41.5 Å². The average molecular weight is 534 g/mol. The molecule has 216 valence electrons. The number of rotatable bonds is 11. The quantitative estimate of drug-likeness (QED) is 0.326. The van der Waals surface area contributed by atoms with Gasteiger partial charge < -0.3 is 25.4 Å². The van der Waals surface area contributed by atoms with Gasteiger partial charge in [-0.3, -0.25) is 9.59 Å². The summed E-state index contributed by atoms with van der Waals surface area (Å²) in [7, 11) is 0. The van der Waals surface area contributed by atoms with Crippen LogP contribution in [0.3, 0.4) is 0 Å². The van der Waals surface area contributed by atoms with Crippen molar-refractivity contribution >= 4 is 17.9 Å². The molecule has 0 heterocycles. The van der Waals surface area contributed by atoms with Crippen molar-refractivity contribution in [2.24, 2.45) is 11.8 Å². The minimum atomic E-state index is -1.10. The van der Waals surface area contributed by atoms with E-state index in [9.17, 15) is 19.5 Å². The summed E-state index contributed by atoms with van der Waals surface area (Å²) in [5.74, 6) is -0.699. The third-order valence-electron chi connectivity index (χ3n) is 6.30. The van der Waals surface area contributed by atoms with E-state index in [1.165, 1.54) is 6.07 Å². The summed E-state index contributed by atoms with van der Waals surface area (Å²) in [5, 5.41) is 16.6. The van der Waals surface area contributed by atoms with Crippen molar-refractivity contribution in [1.82, 2.24) is 15.5 Å². The maximum absolute atomic E-state index is 14.4. The third-order valence-corrected chi connectivity index (χ3v) is 6.30. The Morgan fingerprint density at radius 2 is 1.55 bits per heavy atom. The molecule has 1 aromatic carbocycles. The molecule has 0 aliphatic carbocycles. The predicted molar refractivity (Wildman–Crippen MR) is 152 cm³/mol. The maximum atomic E-state index is 14.4. The number of alkyl carbamates (subject to hydrolysis) is 1. The Morgan fingerprint density at radius 3 is 2.03 bits per heavy atom. The minimum absolute atomic E-state index is 0.0735. The summed E-state index contributed by atoms with van der Waals surface area (Å²) in [6.45, 7) is 20.9. The molecular formula is C30H51N3O5. The van der Waals surface area contributed by atoms with Crippen molar-refractivity contribution < 1.29 is 24.2 Å². The first-order valence-corrected chi connectivity index (χ1v) is 13.8. The second-order valence-electron chi connectivity index (χ2n) is 12.8. The molecule has 8 nitrogen and oxygen atoms in total. The van der Waals surface area contributed by atoms with Gasteiger partial charge in [-0.15, -0.1) is 0 Å². The number of benzene rings is 1. The molecule has 8 heteroatoms. The molecule has 1 rings (SSSR count). The van der Waals surface area contributed by atoms with Gasteiger partial charge in [0.25, 0.3) is 0 Å². The van der Waals surface area contributed by atoms with Crippen LogP contribution in [0.15, 0.2) is 24.3 Å². The van der Waals surface area contributed by atoms with Gasteiger partial charge in [-0.2, -0.15) is 0 Å². The molecule has 0 aromatic heterocycles. The van der Waals surface area contributed by atoms with Crippen LogP contribution >= 0.6 is 0 Å². The molecule has 4 unspecified atom stereocenters. The lowest BCUT2D eigenvalue weighted by molar-refractivity contribution is -0.146. The number of hydrogen-bond donors (Lipinski definition) is 3. The molecule has 0 aliphatic rings. The summed E-state index contributed by atoms with van der Waals surface area (Å²) in [5.41, 5.74) is -0.970. The zero-order valence-electron chi connectivity index (χ0n) is 25.3. The monoisotopic (exact) mass is 533 g/mol. The fraction of sp³-hybridized carbons (Fsp3) is 0.700. The number of phenolic OH excluding ortho intramolecular Hbond substituents is 1. The number of carbonyl (C=O) groups excluding carboxylic acids is 3. The maximum Gasteiger partial charge on any atom is 0.408 e. The van der Waals surface area contributed by atoms with E-state index >= 15 is 0 Å². The highest BCUT2D eigenvalue weighted by molar-refractivity contribution is 5.93. The molecule has 3 amide bonds. The molecule has 38 heavy (non-hydrogen) atoms. The fourth-order valence-corrected chi connectivity index (χ4v) is 4.16. The highest BCUT2D eigenvalue weighted by Gasteiger charge is 2.41. The van der Waals surface area contributed by atoms with Crippen LogP contribution in [0.4, 0.5) is 4.79 Å². The smallest absolute Gasteiger partial charge is 0.408 e. The van der Waals surface area contributed by atoms with Gasteiger partial charge in [0.05, 0.1) is 0 Å². The van der Waals surface area contributed by atoms with Crippen LogP contribution in [0.1, 0.15) is 107 Å². The number of amides is 3. The van der Waals surface area contributed by atoms with Crippen LogP contribution in [0.5, 0.6) is 5.75 Å². The van der Waals surface area contributed by atoms with Gasteiger partial charge in [0.2, 0.25) is 11.8 Å². The number of carbonyl (C=O) groups is 3. The van der Waals surface area contributed by atoms with Gasteiger partial charge in [0.1, 0.15) is 23.4 Å². The molecule has 0 fully saturated rings. The first kappa shape index (κ1) is 33.3. The van der Waals surface area contributed by atoms with Gasteiger partial charge >= 0.3 is 6.09 Å². The van der Waals surface area contributed by atoms with Gasteiger partial charge in [-0.05, 0) is 79.2 Å². The molecule has 0 aliphatic heterocycles. The molecule has 3 N–H and O–H groups in total. The van der Waals surface area contributed by atoms with Crippen LogP contribution in [-0.4, -0.2) is 51.1 Å². The first-order valence-electron chi connectivity index (χ1n) is 13.8. The highest BCUT2D eigenvalue weighted by atomic mass is 16.6. The minimum Gasteiger partial charge on any atom is -0.508 e. The van der Waals surface area contributed by atoms with E-state index in [2.05, 4.69) is 24.5 Å². The number of aromatic hydroxyl groups is 1. The predicted octanol–water partition coefficient (Wildman–Crippen LogP) is 5.94. The Balaban J connectivity index is 3.71. The number of nitrogens with one attached hydrogen (secondary N) is 2. The van der Waals surface area contributed by atoms with Crippen molar-refractivity contribution in [3.8, 4) is 5.75 Å². The normalized spacial score (nSPS) is 15.3. The van der Waals surface area contributed by atoms with Crippen molar-refractivity contribution in [1.29, 1.82) is 0 Å². The molecule has 0 saturated heterocycles. The molecule has 0 radical (unpaired) electrons. The summed E-state index contributed by atoms with van der Waals surface area (Å²) >= 11 is 0. The standard InChI is InChI=1S/C30H51N3O5/c1-12-20(4)24(31-28(37)38-30(9,10)11)27(36)33(21(5)18-17-19(2)3)25(26(35)32-29(6,7)8)22-15-13-14-16-23(22)34/h13-16,19-21,24-25,34H,12,17-18H2,1-11H3,(H,31,37)(H,32,35). The molecule has 4 atom stereocenters. The van der Waals surface area contributed by atoms with E-state index in [0.29, 0.717) is 24.3 Å². The zero-order chi connectivity index (χ0) is 29.4. The Labute approximate surface area is 229 Å². The summed E-state index contributed by atoms with van der Waals surface area (Å²) in [6.07, 6.45) is 1.42. The van der Waals surface area contributed by atoms with Crippen LogP contribution in [0, 0.1) is 11.8 Å². The fourth-order valence-electron chi connectivity index (χ4n) is 4.16. The summed E-state index contributed by atoms with van der Waals surface area (Å²) in [4.78, 5) is 42.6. The number of hydrogen-bond acceptors (Lipinski definition) is 5. The lowest BCUT2D eigenvalue weighted by Gasteiger charge is -2.40. The molecule has 0 bridgehead atoms. The average Bonchev–Trinajstić information content (AvgIpc) is 2.76. The van der Waals surface area contributed by atoms with E-state index < -0.39 is 41.1 Å². The highest BCUT2D eigenvalue weighted by Crippen LogP contribution is 2.33. The SMILES string of the molecule is CCC(C)C(NC(=O)OC(C)(C)C)C(=O)N(C(C)CCC(C)C)C(C(=O)NC(C)(C)C)c1ccccc1O. The van der Waals surface area contributed by atoms with Gasteiger partial charge in [0, 0.05) is 17.1 Å². The topological polar surface area (TPSA) is 108 Å². The summed E-state index contributed by atoms with van der Waals surface area (Å²) < 4.78 is 5.47. The van der Waals surface area contributed by atoms with Crippen molar-refractivity contribution in [3.05, 3.63) is 29.8 Å². The largest absolute Gasteiger partial charge is 0.508 e. The first-order chi connectivity index (χ1) is 17.4. The number of para-hydroxylation sites is 1. The van der Waals surface area contributed by atoms with E-state index in [0.717, 1.165) is 6.42 Å². The zero-order valence-corrected chi connectivity index (χ0v) is 25.3. The van der Waals surface area contributed by atoms with Crippen molar-refractivity contribution in [2.75, 3.05) is 0 Å². The van der Waals surface area contributed by atoms with E-state index in [4.69, 9.17) is 4.74 Å². The number of ether oxygens (including phenoxy) is 1. The van der Waals surface area contributed by atoms with Gasteiger partial charge in [0.15, 0.2) is 0 Å². The second-order valence-corrected chi connectivity index (χ2v) is 12.8. The van der Waals surface area contributed by atoms with Gasteiger partial charge in [-0.25, -0.2) is 4.79 Å². The molecule has 0 saturated carbocycles. The summed E-state index contributed by atoms with van der Waals surface area (Å²) in [6, 6.07) is 4.21. The Morgan fingerprint density at radius 1 is 0.974 bits per heavy atom. The van der Waals surface area contributed by atoms with Crippen LogP contribution in [0.25, 0.3) is 0 Å². The van der Waals surface area contributed by atoms with Crippen molar-refractivity contribution in [2.45, 2.75) is 125 Å². The third kappa shape index (κ3) is 10.5. The Bertz CT molecular complexity index is 933. The van der Waals surface area contributed by atoms with E-state index in [-0.39, 0.29) is 17.7 Å². The van der Waals surface area contributed by atoms with Gasteiger partial charge in [-0.1, -0.05) is 52.3 Å². The van der Waals surface area contributed by atoms with E-state index in [1.54, 1.807) is 43.9 Å². The Hall–Kier alpha value is -2.77. The lowest BCUT2D eigenvalue weighted by Crippen LogP contribution is -2.58. The van der Waals surface area contributed by atoms with Crippen molar-refractivity contribution in [3.63, 3.8) is 0 Å². The molecular weight excluding hydrogens is 482 g/mol. The number of phenols is 1. The van der Waals surface area contributed by atoms with Crippen LogP contribution in [0.2, 0.25) is 0 Å².